The molecule has 3 rings (SSSR count). The lowest BCUT2D eigenvalue weighted by molar-refractivity contribution is 0.0773. The molecule has 1 saturated heterocycles. The van der Waals surface area contributed by atoms with Gasteiger partial charge in [-0.25, -0.2) is 0 Å². The maximum absolute atomic E-state index is 6.09. The Kier molecular flexibility index (Phi) is 3.20. The molecule has 0 amide bonds. The van der Waals surface area contributed by atoms with E-state index in [1.807, 2.05) is 25.1 Å². The van der Waals surface area contributed by atoms with Gasteiger partial charge in [0.1, 0.15) is 0 Å². The average Bonchev–Trinajstić information content (AvgIpc) is 2.39. The van der Waals surface area contributed by atoms with Gasteiger partial charge in [-0.3, -0.25) is 4.98 Å². The van der Waals surface area contributed by atoms with E-state index in [9.17, 15) is 0 Å². The quantitative estimate of drug-likeness (QED) is 0.858. The Morgan fingerprint density at radius 1 is 1.39 bits per heavy atom. The van der Waals surface area contributed by atoms with Crippen molar-refractivity contribution in [1.82, 2.24) is 10.3 Å². The number of benzene rings is 1. The number of morpholine rings is 1. The van der Waals surface area contributed by atoms with Crippen molar-refractivity contribution in [2.24, 2.45) is 0 Å². The Morgan fingerprint density at radius 2 is 2.28 bits per heavy atom. The molecule has 0 radical (unpaired) electrons. The van der Waals surface area contributed by atoms with Crippen molar-refractivity contribution in [3.05, 3.63) is 40.5 Å². The van der Waals surface area contributed by atoms with Crippen molar-refractivity contribution in [1.29, 1.82) is 0 Å². The van der Waals surface area contributed by atoms with Crippen LogP contribution in [0.2, 0.25) is 5.02 Å². The lowest BCUT2D eigenvalue weighted by Gasteiger charge is -2.25. The van der Waals surface area contributed by atoms with Crippen LogP contribution in [0.15, 0.2) is 24.3 Å². The van der Waals surface area contributed by atoms with Gasteiger partial charge in [-0.2, -0.15) is 0 Å². The molecule has 4 heteroatoms. The van der Waals surface area contributed by atoms with Crippen molar-refractivity contribution in [2.45, 2.75) is 13.0 Å². The highest BCUT2D eigenvalue weighted by molar-refractivity contribution is 6.31. The lowest BCUT2D eigenvalue weighted by atomic mass is 10.0. The molecule has 2 heterocycles. The van der Waals surface area contributed by atoms with E-state index in [0.717, 1.165) is 34.8 Å². The first kappa shape index (κ1) is 11.9. The number of aromatic nitrogens is 1. The molecule has 1 aliphatic heterocycles. The summed E-state index contributed by atoms with van der Waals surface area (Å²) in [7, 11) is 0. The fraction of sp³-hybridized carbons (Fsp3) is 0.357. The first-order chi connectivity index (χ1) is 8.74. The van der Waals surface area contributed by atoms with Crippen molar-refractivity contribution >= 4 is 22.5 Å². The Morgan fingerprint density at radius 3 is 3.06 bits per heavy atom. The first-order valence-electron chi connectivity index (χ1n) is 6.12. The molecule has 0 spiro atoms. The maximum Gasteiger partial charge on any atom is 0.0709 e. The fourth-order valence-corrected chi connectivity index (χ4v) is 2.59. The number of pyridine rings is 1. The molecule has 1 atom stereocenters. The number of fused-ring (bicyclic) bond motifs is 1. The molecule has 18 heavy (non-hydrogen) atoms. The summed E-state index contributed by atoms with van der Waals surface area (Å²) in [5, 5.41) is 5.33. The van der Waals surface area contributed by atoms with Gasteiger partial charge in [0, 0.05) is 22.6 Å². The normalized spacial score (nSPS) is 20.2. The van der Waals surface area contributed by atoms with Crippen molar-refractivity contribution < 1.29 is 4.74 Å². The van der Waals surface area contributed by atoms with Crippen LogP contribution in [0.3, 0.4) is 0 Å². The Labute approximate surface area is 111 Å². The summed E-state index contributed by atoms with van der Waals surface area (Å²) in [5.41, 5.74) is 3.23. The van der Waals surface area contributed by atoms with Gasteiger partial charge >= 0.3 is 0 Å². The number of nitrogens with one attached hydrogen (secondary N) is 1. The summed E-state index contributed by atoms with van der Waals surface area (Å²) in [6.07, 6.45) is 0. The van der Waals surface area contributed by atoms with Crippen LogP contribution < -0.4 is 5.32 Å². The minimum absolute atomic E-state index is 0.224. The highest BCUT2D eigenvalue weighted by Crippen LogP contribution is 2.27. The molecule has 3 nitrogen and oxygen atoms in total. The molecule has 1 aliphatic rings. The molecule has 1 aromatic carbocycles. The first-order valence-corrected chi connectivity index (χ1v) is 6.50. The fourth-order valence-electron chi connectivity index (χ4n) is 2.42. The zero-order chi connectivity index (χ0) is 12.5. The van der Waals surface area contributed by atoms with E-state index in [1.165, 1.54) is 5.56 Å². The summed E-state index contributed by atoms with van der Waals surface area (Å²) in [6, 6.07) is 8.17. The van der Waals surface area contributed by atoms with Gasteiger partial charge in [-0.05, 0) is 36.8 Å². The second-order valence-corrected chi connectivity index (χ2v) is 5.03. The summed E-state index contributed by atoms with van der Waals surface area (Å²) in [6.45, 7) is 4.37. The molecule has 0 bridgehead atoms. The van der Waals surface area contributed by atoms with Gasteiger partial charge in [0.2, 0.25) is 0 Å². The SMILES string of the molecule is Cc1cc(C2COCCN2)c2cc(Cl)ccc2n1. The molecule has 1 unspecified atom stereocenters. The summed E-state index contributed by atoms with van der Waals surface area (Å²) in [4.78, 5) is 4.55. The molecule has 0 saturated carbocycles. The van der Waals surface area contributed by atoms with E-state index in [4.69, 9.17) is 16.3 Å². The summed E-state index contributed by atoms with van der Waals surface area (Å²) < 4.78 is 5.54. The predicted molar refractivity (Wildman–Crippen MR) is 73.1 cm³/mol. The summed E-state index contributed by atoms with van der Waals surface area (Å²) >= 11 is 6.09. The van der Waals surface area contributed by atoms with Crippen LogP contribution in [-0.2, 0) is 4.74 Å². The third-order valence-electron chi connectivity index (χ3n) is 3.23. The van der Waals surface area contributed by atoms with Crippen molar-refractivity contribution in [3.63, 3.8) is 0 Å². The maximum atomic E-state index is 6.09. The predicted octanol–water partition coefficient (Wildman–Crippen LogP) is 2.86. The summed E-state index contributed by atoms with van der Waals surface area (Å²) in [5.74, 6) is 0. The minimum atomic E-state index is 0.224. The Hall–Kier alpha value is -1.16. The molecule has 1 N–H and O–H groups in total. The number of halogens is 1. The van der Waals surface area contributed by atoms with E-state index in [1.54, 1.807) is 0 Å². The van der Waals surface area contributed by atoms with Crippen molar-refractivity contribution in [3.8, 4) is 0 Å². The van der Waals surface area contributed by atoms with Crippen LogP contribution in [-0.4, -0.2) is 24.7 Å². The Bertz CT molecular complexity index is 579. The topological polar surface area (TPSA) is 34.1 Å². The van der Waals surface area contributed by atoms with Crippen LogP contribution in [0.5, 0.6) is 0 Å². The monoisotopic (exact) mass is 262 g/mol. The number of hydrogen-bond donors (Lipinski definition) is 1. The number of rotatable bonds is 1. The highest BCUT2D eigenvalue weighted by atomic mass is 35.5. The van der Waals surface area contributed by atoms with Crippen molar-refractivity contribution in [2.75, 3.05) is 19.8 Å². The number of aryl methyl sites for hydroxylation is 1. The van der Waals surface area contributed by atoms with Gasteiger partial charge in [-0.15, -0.1) is 0 Å². The van der Waals surface area contributed by atoms with Gasteiger partial charge in [0.25, 0.3) is 0 Å². The second-order valence-electron chi connectivity index (χ2n) is 4.60. The third kappa shape index (κ3) is 2.21. The number of hydrogen-bond acceptors (Lipinski definition) is 3. The molecular formula is C14H15ClN2O. The highest BCUT2D eigenvalue weighted by Gasteiger charge is 2.18. The molecular weight excluding hydrogens is 248 g/mol. The van der Waals surface area contributed by atoms with Gasteiger partial charge in [0.05, 0.1) is 24.8 Å². The van der Waals surface area contributed by atoms with Crippen LogP contribution >= 0.6 is 11.6 Å². The lowest BCUT2D eigenvalue weighted by Crippen LogP contribution is -2.34. The van der Waals surface area contributed by atoms with E-state index >= 15 is 0 Å². The van der Waals surface area contributed by atoms with Gasteiger partial charge < -0.3 is 10.1 Å². The second kappa shape index (κ2) is 4.84. The zero-order valence-electron chi connectivity index (χ0n) is 10.2. The largest absolute Gasteiger partial charge is 0.378 e. The van der Waals surface area contributed by atoms with Crippen LogP contribution in [0.1, 0.15) is 17.3 Å². The van der Waals surface area contributed by atoms with Gasteiger partial charge in [0.15, 0.2) is 0 Å². The van der Waals surface area contributed by atoms with Crippen LogP contribution in [0.25, 0.3) is 10.9 Å². The van der Waals surface area contributed by atoms with E-state index in [-0.39, 0.29) is 6.04 Å². The van der Waals surface area contributed by atoms with E-state index in [2.05, 4.69) is 16.4 Å². The average molecular weight is 263 g/mol. The zero-order valence-corrected chi connectivity index (χ0v) is 11.0. The van der Waals surface area contributed by atoms with Crippen LogP contribution in [0, 0.1) is 6.92 Å². The number of nitrogens with zero attached hydrogens (tertiary/aromatic N) is 1. The molecule has 1 aromatic heterocycles. The molecule has 94 valence electrons. The smallest absolute Gasteiger partial charge is 0.0709 e. The minimum Gasteiger partial charge on any atom is -0.378 e. The van der Waals surface area contributed by atoms with Crippen LogP contribution in [0.4, 0.5) is 0 Å². The van der Waals surface area contributed by atoms with E-state index < -0.39 is 0 Å². The Balaban J connectivity index is 2.16. The standard InChI is InChI=1S/C14H15ClN2O/c1-9-6-11(14-8-18-5-4-16-14)12-7-10(15)2-3-13(12)17-9/h2-3,6-7,14,16H,4-5,8H2,1H3. The number of ether oxygens (including phenoxy) is 1. The molecule has 0 aliphatic carbocycles. The van der Waals surface area contributed by atoms with E-state index in [0.29, 0.717) is 6.61 Å². The van der Waals surface area contributed by atoms with Gasteiger partial charge in [-0.1, -0.05) is 11.6 Å². The molecule has 2 aromatic rings. The molecule has 1 fully saturated rings. The third-order valence-corrected chi connectivity index (χ3v) is 3.46.